The van der Waals surface area contributed by atoms with E-state index >= 15 is 0 Å². The van der Waals surface area contributed by atoms with E-state index in [0.29, 0.717) is 6.61 Å². The minimum Gasteiger partial charge on any atom is -0.481 e. The van der Waals surface area contributed by atoms with E-state index in [9.17, 15) is 4.79 Å². The molecule has 5 heteroatoms. The van der Waals surface area contributed by atoms with Gasteiger partial charge in [-0.1, -0.05) is 6.92 Å². The van der Waals surface area contributed by atoms with Crippen LogP contribution < -0.4 is 0 Å². The van der Waals surface area contributed by atoms with Crippen LogP contribution in [-0.4, -0.2) is 29.5 Å². The fourth-order valence-electron chi connectivity index (χ4n) is 0.363. The largest absolute Gasteiger partial charge is 0.481 e. The highest BCUT2D eigenvalue weighted by Gasteiger charge is 2.01. The molecule has 0 atom stereocenters. The van der Waals surface area contributed by atoms with E-state index in [1.807, 2.05) is 6.92 Å². The van der Waals surface area contributed by atoms with Gasteiger partial charge in [0.05, 0.1) is 6.61 Å². The van der Waals surface area contributed by atoms with Gasteiger partial charge in [0.15, 0.2) is 5.90 Å². The van der Waals surface area contributed by atoms with E-state index in [-0.39, 0.29) is 12.3 Å². The number of alkyl halides is 1. The molecular formula is C7H14ClNO3. The van der Waals surface area contributed by atoms with Gasteiger partial charge in [-0.15, -0.1) is 11.6 Å². The number of hydrogen-bond acceptors (Lipinski definition) is 3. The molecule has 0 aromatic carbocycles. The number of hydrogen-bond donors (Lipinski definition) is 2. The van der Waals surface area contributed by atoms with Crippen molar-refractivity contribution in [3.63, 3.8) is 0 Å². The van der Waals surface area contributed by atoms with E-state index in [1.165, 1.54) is 0 Å². The first-order chi connectivity index (χ1) is 5.58. The van der Waals surface area contributed by atoms with Gasteiger partial charge in [0.2, 0.25) is 0 Å². The lowest BCUT2D eigenvalue weighted by Crippen LogP contribution is -2.08. The van der Waals surface area contributed by atoms with Gasteiger partial charge in [-0.3, -0.25) is 10.2 Å². The molecule has 0 aromatic heterocycles. The second-order valence-corrected chi connectivity index (χ2v) is 2.23. The zero-order valence-electron chi connectivity index (χ0n) is 7.26. The first kappa shape index (κ1) is 13.8. The molecule has 0 aliphatic rings. The Kier molecular flexibility index (Phi) is 11.8. The summed E-state index contributed by atoms with van der Waals surface area (Å²) < 4.78 is 4.56. The van der Waals surface area contributed by atoms with Crippen LogP contribution in [-0.2, 0) is 9.53 Å². The molecule has 0 aliphatic heterocycles. The summed E-state index contributed by atoms with van der Waals surface area (Å²) in [6.45, 7) is 3.95. The van der Waals surface area contributed by atoms with Gasteiger partial charge in [0, 0.05) is 5.88 Å². The van der Waals surface area contributed by atoms with Crippen LogP contribution in [0.5, 0.6) is 0 Å². The molecular weight excluding hydrogens is 182 g/mol. The average molecular weight is 196 g/mol. The summed E-state index contributed by atoms with van der Waals surface area (Å²) in [5.74, 6) is -0.501. The molecule has 2 N–H and O–H groups in total. The van der Waals surface area contributed by atoms with Crippen molar-refractivity contribution < 1.29 is 14.6 Å². The van der Waals surface area contributed by atoms with Crippen LogP contribution in [0.15, 0.2) is 0 Å². The van der Waals surface area contributed by atoms with E-state index in [4.69, 9.17) is 22.1 Å². The SMILES string of the molecule is CCCl.CCOC(=N)CC(=O)O. The molecule has 0 bridgehead atoms. The number of carboxylic acids is 1. The van der Waals surface area contributed by atoms with Crippen LogP contribution in [0.25, 0.3) is 0 Å². The van der Waals surface area contributed by atoms with Crippen LogP contribution in [0.2, 0.25) is 0 Å². The zero-order chi connectivity index (χ0) is 9.98. The van der Waals surface area contributed by atoms with E-state index in [2.05, 4.69) is 4.74 Å². The summed E-state index contributed by atoms with van der Waals surface area (Å²) in [5.41, 5.74) is 0. The Labute approximate surface area is 77.0 Å². The third kappa shape index (κ3) is 16.1. The number of halogens is 1. The summed E-state index contributed by atoms with van der Waals surface area (Å²) in [5, 5.41) is 14.9. The highest BCUT2D eigenvalue weighted by Crippen LogP contribution is 1.85. The van der Waals surface area contributed by atoms with Gasteiger partial charge in [0.25, 0.3) is 0 Å². The van der Waals surface area contributed by atoms with Crippen molar-refractivity contribution in [1.82, 2.24) is 0 Å². The first-order valence-corrected chi connectivity index (χ1v) is 4.09. The van der Waals surface area contributed by atoms with Crippen molar-refractivity contribution in [2.45, 2.75) is 20.3 Å². The predicted octanol–water partition coefficient (Wildman–Crippen LogP) is 1.72. The van der Waals surface area contributed by atoms with E-state index in [1.54, 1.807) is 6.92 Å². The Morgan fingerprint density at radius 3 is 2.25 bits per heavy atom. The van der Waals surface area contributed by atoms with Crippen molar-refractivity contribution in [3.8, 4) is 0 Å². The summed E-state index contributed by atoms with van der Waals surface area (Å²) >= 11 is 5.00. The topological polar surface area (TPSA) is 70.4 Å². The Balaban J connectivity index is 0. The number of carboxylic acid groups (broad SMARTS) is 1. The fraction of sp³-hybridized carbons (Fsp3) is 0.714. The summed E-state index contributed by atoms with van der Waals surface area (Å²) in [7, 11) is 0. The second-order valence-electron chi connectivity index (χ2n) is 1.69. The Hall–Kier alpha value is -0.770. The fourth-order valence-corrected chi connectivity index (χ4v) is 0.363. The molecule has 72 valence electrons. The quantitative estimate of drug-likeness (QED) is 0.409. The molecule has 0 heterocycles. The molecule has 0 saturated carbocycles. The van der Waals surface area contributed by atoms with Crippen molar-refractivity contribution in [1.29, 1.82) is 5.41 Å². The molecule has 0 saturated heterocycles. The number of carbonyl (C=O) groups is 1. The molecule has 0 fully saturated rings. The lowest BCUT2D eigenvalue weighted by Gasteiger charge is -1.99. The van der Waals surface area contributed by atoms with Gasteiger partial charge >= 0.3 is 5.97 Å². The Morgan fingerprint density at radius 1 is 1.58 bits per heavy atom. The molecule has 0 amide bonds. The predicted molar refractivity (Wildman–Crippen MR) is 48.0 cm³/mol. The monoisotopic (exact) mass is 195 g/mol. The molecule has 0 aliphatic carbocycles. The standard InChI is InChI=1S/C5H9NO3.C2H5Cl/c1-2-9-4(6)3-5(7)8;1-2-3/h6H,2-3H2,1H3,(H,7,8);2H2,1H3. The lowest BCUT2D eigenvalue weighted by atomic mass is 10.4. The van der Waals surface area contributed by atoms with Crippen molar-refractivity contribution in [2.75, 3.05) is 12.5 Å². The molecule has 0 spiro atoms. The van der Waals surface area contributed by atoms with Crippen molar-refractivity contribution >= 4 is 23.5 Å². The molecule has 0 rings (SSSR count). The number of aliphatic carboxylic acids is 1. The Morgan fingerprint density at radius 2 is 2.00 bits per heavy atom. The lowest BCUT2D eigenvalue weighted by molar-refractivity contribution is -0.135. The van der Waals surface area contributed by atoms with Crippen LogP contribution >= 0.6 is 11.6 Å². The number of nitrogens with one attached hydrogen (secondary N) is 1. The van der Waals surface area contributed by atoms with E-state index < -0.39 is 5.97 Å². The molecule has 0 radical (unpaired) electrons. The van der Waals surface area contributed by atoms with Gasteiger partial charge in [-0.25, -0.2) is 0 Å². The normalized spacial score (nSPS) is 7.92. The van der Waals surface area contributed by atoms with Gasteiger partial charge in [0.1, 0.15) is 6.42 Å². The van der Waals surface area contributed by atoms with Gasteiger partial charge in [-0.2, -0.15) is 0 Å². The summed E-state index contributed by atoms with van der Waals surface area (Å²) in [4.78, 5) is 9.86. The van der Waals surface area contributed by atoms with Gasteiger partial charge < -0.3 is 9.84 Å². The van der Waals surface area contributed by atoms with Crippen LogP contribution in [0, 0.1) is 5.41 Å². The zero-order valence-corrected chi connectivity index (χ0v) is 8.02. The van der Waals surface area contributed by atoms with Gasteiger partial charge in [-0.05, 0) is 6.92 Å². The maximum absolute atomic E-state index is 9.86. The average Bonchev–Trinajstić information content (AvgIpc) is 1.87. The minimum absolute atomic E-state index is 0.190. The first-order valence-electron chi connectivity index (χ1n) is 3.56. The number of ether oxygens (including phenoxy) is 1. The van der Waals surface area contributed by atoms with Crippen LogP contribution in [0.3, 0.4) is 0 Å². The maximum Gasteiger partial charge on any atom is 0.312 e. The van der Waals surface area contributed by atoms with Crippen molar-refractivity contribution in [2.24, 2.45) is 0 Å². The highest BCUT2D eigenvalue weighted by molar-refractivity contribution is 6.17. The smallest absolute Gasteiger partial charge is 0.312 e. The Bertz CT molecular complexity index is 139. The van der Waals surface area contributed by atoms with Crippen molar-refractivity contribution in [3.05, 3.63) is 0 Å². The van der Waals surface area contributed by atoms with E-state index in [0.717, 1.165) is 5.88 Å². The van der Waals surface area contributed by atoms with Crippen LogP contribution in [0.1, 0.15) is 20.3 Å². The highest BCUT2D eigenvalue weighted by atomic mass is 35.5. The molecule has 0 unspecified atom stereocenters. The third-order valence-electron chi connectivity index (χ3n) is 0.630. The minimum atomic E-state index is -1.03. The van der Waals surface area contributed by atoms with Crippen LogP contribution in [0.4, 0.5) is 0 Å². The summed E-state index contributed by atoms with van der Waals surface area (Å²) in [6, 6.07) is 0. The molecule has 12 heavy (non-hydrogen) atoms. The molecule has 0 aromatic rings. The molecule has 4 nitrogen and oxygen atoms in total. The third-order valence-corrected chi connectivity index (χ3v) is 0.630. The number of rotatable bonds is 3. The summed E-state index contributed by atoms with van der Waals surface area (Å²) in [6.07, 6.45) is -0.326. The maximum atomic E-state index is 9.86. The second kappa shape index (κ2) is 10.2.